The van der Waals surface area contributed by atoms with E-state index in [1.807, 2.05) is 0 Å². The second-order valence-corrected chi connectivity index (χ2v) is 5.36. The van der Waals surface area contributed by atoms with E-state index >= 15 is 0 Å². The highest BCUT2D eigenvalue weighted by molar-refractivity contribution is 7.96. The molecule has 0 bridgehead atoms. The van der Waals surface area contributed by atoms with Crippen molar-refractivity contribution in [2.45, 2.75) is 25.3 Å². The summed E-state index contributed by atoms with van der Waals surface area (Å²) in [5.74, 6) is -2.00. The zero-order chi connectivity index (χ0) is 17.9. The van der Waals surface area contributed by atoms with Crippen molar-refractivity contribution in [1.29, 1.82) is 0 Å². The second kappa shape index (κ2) is 10.3. The van der Waals surface area contributed by atoms with Gasteiger partial charge in [-0.05, 0) is 30.5 Å². The summed E-state index contributed by atoms with van der Waals surface area (Å²) in [6.07, 6.45) is -0.560. The van der Waals surface area contributed by atoms with E-state index in [9.17, 15) is 19.5 Å². The first kappa shape index (κ1) is 19.6. The van der Waals surface area contributed by atoms with Gasteiger partial charge in [0.05, 0.1) is 6.61 Å². The maximum absolute atomic E-state index is 11.3. The van der Waals surface area contributed by atoms with Gasteiger partial charge in [0.2, 0.25) is 0 Å². The number of rotatable bonds is 10. The molecule has 9 nitrogen and oxygen atoms in total. The minimum absolute atomic E-state index is 0.0471. The summed E-state index contributed by atoms with van der Waals surface area (Å²) >= 11 is 0.663. The number of hydrogen-bond acceptors (Lipinski definition) is 7. The van der Waals surface area contributed by atoms with Gasteiger partial charge in [-0.1, -0.05) is 12.1 Å². The van der Waals surface area contributed by atoms with Gasteiger partial charge in [0.25, 0.3) is 0 Å². The normalized spacial score (nSPS) is 11.5. The van der Waals surface area contributed by atoms with Crippen molar-refractivity contribution < 1.29 is 34.4 Å². The van der Waals surface area contributed by atoms with Crippen molar-refractivity contribution in [2.75, 3.05) is 6.61 Å². The predicted octanol–water partition coefficient (Wildman–Crippen LogP) is 1.13. The summed E-state index contributed by atoms with van der Waals surface area (Å²) in [7, 11) is 0. The third-order valence-corrected chi connectivity index (χ3v) is 3.45. The van der Waals surface area contributed by atoms with Crippen molar-refractivity contribution in [3.63, 3.8) is 0 Å². The number of aliphatic carboxylic acids is 2. The Morgan fingerprint density at radius 1 is 1.17 bits per heavy atom. The number of phenolic OH excluding ortho intramolecular Hbond substituents is 1. The fourth-order valence-corrected chi connectivity index (χ4v) is 2.13. The van der Waals surface area contributed by atoms with Crippen LogP contribution in [0.15, 0.2) is 24.3 Å². The maximum Gasteiger partial charge on any atom is 0.418 e. The molecule has 0 heterocycles. The van der Waals surface area contributed by atoms with Crippen LogP contribution in [0.25, 0.3) is 0 Å². The van der Waals surface area contributed by atoms with Crippen LogP contribution in [0, 0.1) is 0 Å². The Labute approximate surface area is 142 Å². The van der Waals surface area contributed by atoms with E-state index in [0.29, 0.717) is 17.7 Å². The number of carboxylic acid groups (broad SMARTS) is 2. The molecule has 1 aromatic carbocycles. The Morgan fingerprint density at radius 3 is 2.42 bits per heavy atom. The molecule has 0 saturated carbocycles. The Kier molecular flexibility index (Phi) is 8.44. The fourth-order valence-electron chi connectivity index (χ4n) is 1.61. The molecule has 1 atom stereocenters. The Hall–Kier alpha value is -2.46. The Morgan fingerprint density at radius 2 is 1.83 bits per heavy atom. The molecular weight excluding hydrogens is 340 g/mol. The van der Waals surface area contributed by atoms with Gasteiger partial charge in [-0.15, -0.1) is 0 Å². The van der Waals surface area contributed by atoms with E-state index in [1.54, 1.807) is 12.1 Å². The molecule has 0 spiro atoms. The number of nitrogens with one attached hydrogen (secondary N) is 2. The molecule has 10 heteroatoms. The topological polar surface area (TPSA) is 145 Å². The molecule has 0 aliphatic rings. The molecule has 5 N–H and O–H groups in total. The molecule has 1 unspecified atom stereocenters. The molecule has 0 radical (unpaired) electrons. The van der Waals surface area contributed by atoms with E-state index in [4.69, 9.17) is 14.9 Å². The minimum atomic E-state index is -1.10. The van der Waals surface area contributed by atoms with Crippen molar-refractivity contribution in [3.05, 3.63) is 29.8 Å². The van der Waals surface area contributed by atoms with Gasteiger partial charge in [-0.25, -0.2) is 9.52 Å². The number of amides is 1. The lowest BCUT2D eigenvalue weighted by Crippen LogP contribution is -2.37. The first-order chi connectivity index (χ1) is 11.4. The van der Waals surface area contributed by atoms with Gasteiger partial charge >= 0.3 is 18.0 Å². The molecule has 24 heavy (non-hydrogen) atoms. The van der Waals surface area contributed by atoms with Gasteiger partial charge < -0.3 is 20.1 Å². The summed E-state index contributed by atoms with van der Waals surface area (Å²) in [5.41, 5.74) is 0.699. The monoisotopic (exact) mass is 358 g/mol. The molecule has 0 aliphatic heterocycles. The van der Waals surface area contributed by atoms with Crippen LogP contribution in [0.2, 0.25) is 0 Å². The number of benzene rings is 1. The fraction of sp³-hybridized carbons (Fsp3) is 0.357. The number of ether oxygens (including phenoxy) is 1. The van der Waals surface area contributed by atoms with Crippen LogP contribution in [-0.4, -0.2) is 46.0 Å². The Bertz CT molecular complexity index is 565. The van der Waals surface area contributed by atoms with Crippen molar-refractivity contribution in [3.8, 4) is 5.75 Å². The molecule has 132 valence electrons. The van der Waals surface area contributed by atoms with Crippen LogP contribution < -0.4 is 9.44 Å². The lowest BCUT2D eigenvalue weighted by Gasteiger charge is -2.14. The summed E-state index contributed by atoms with van der Waals surface area (Å²) in [5, 5.41) is 26.8. The lowest BCUT2D eigenvalue weighted by atomic mass is 10.1. The summed E-state index contributed by atoms with van der Waals surface area (Å²) < 4.78 is 9.53. The average Bonchev–Trinajstić information content (AvgIpc) is 2.52. The quantitative estimate of drug-likeness (QED) is 0.307. The van der Waals surface area contributed by atoms with E-state index in [2.05, 4.69) is 9.44 Å². The van der Waals surface area contributed by atoms with E-state index < -0.39 is 24.1 Å². The van der Waals surface area contributed by atoms with Gasteiger partial charge in [-0.2, -0.15) is 0 Å². The van der Waals surface area contributed by atoms with Gasteiger partial charge in [0.15, 0.2) is 0 Å². The van der Waals surface area contributed by atoms with Crippen molar-refractivity contribution >= 4 is 30.2 Å². The summed E-state index contributed by atoms with van der Waals surface area (Å²) in [4.78, 5) is 32.8. The highest BCUT2D eigenvalue weighted by Crippen LogP contribution is 2.12. The van der Waals surface area contributed by atoms with Crippen LogP contribution in [0.1, 0.15) is 18.4 Å². The molecule has 1 aromatic rings. The van der Waals surface area contributed by atoms with Crippen LogP contribution in [-0.2, 0) is 20.7 Å². The standard InChI is InChI=1S/C14H18N2O7S/c17-10-5-3-9(4-6-10)8-11(13(20)21)15-24-16-14(22)23-7-1-2-12(18)19/h3-6,11,15,17H,1-2,7-8H2,(H,16,22)(H,18,19)(H,20,21). The molecule has 0 aliphatic carbocycles. The first-order valence-corrected chi connectivity index (χ1v) is 7.76. The number of hydrogen-bond donors (Lipinski definition) is 5. The minimum Gasteiger partial charge on any atom is -0.508 e. The third kappa shape index (κ3) is 8.25. The molecular formula is C14H18N2O7S. The molecule has 0 fully saturated rings. The van der Waals surface area contributed by atoms with E-state index in [-0.39, 0.29) is 31.6 Å². The summed E-state index contributed by atoms with van der Waals surface area (Å²) in [6, 6.07) is 5.14. The smallest absolute Gasteiger partial charge is 0.418 e. The van der Waals surface area contributed by atoms with Gasteiger partial charge in [0.1, 0.15) is 11.8 Å². The van der Waals surface area contributed by atoms with Crippen LogP contribution >= 0.6 is 12.1 Å². The zero-order valence-corrected chi connectivity index (χ0v) is 13.4. The third-order valence-electron chi connectivity index (χ3n) is 2.78. The highest BCUT2D eigenvalue weighted by Gasteiger charge is 2.18. The molecule has 0 aromatic heterocycles. The van der Waals surface area contributed by atoms with Gasteiger partial charge in [-0.3, -0.25) is 14.3 Å². The number of aromatic hydroxyl groups is 1. The number of phenols is 1. The van der Waals surface area contributed by atoms with Crippen molar-refractivity contribution in [2.24, 2.45) is 0 Å². The first-order valence-electron chi connectivity index (χ1n) is 6.95. The number of carbonyl (C=O) groups is 3. The zero-order valence-electron chi connectivity index (χ0n) is 12.6. The largest absolute Gasteiger partial charge is 0.508 e. The van der Waals surface area contributed by atoms with E-state index in [0.717, 1.165) is 0 Å². The van der Waals surface area contributed by atoms with Crippen LogP contribution in [0.5, 0.6) is 5.75 Å². The average molecular weight is 358 g/mol. The maximum atomic E-state index is 11.3. The highest BCUT2D eigenvalue weighted by atomic mass is 32.2. The SMILES string of the molecule is O=C(O)CCCOC(=O)NSNC(Cc1ccc(O)cc1)C(=O)O. The molecule has 1 rings (SSSR count). The Balaban J connectivity index is 2.31. The van der Waals surface area contributed by atoms with E-state index in [1.165, 1.54) is 12.1 Å². The molecule has 1 amide bonds. The second-order valence-electron chi connectivity index (χ2n) is 4.72. The predicted molar refractivity (Wildman–Crippen MR) is 85.3 cm³/mol. The molecule has 0 saturated heterocycles. The summed E-state index contributed by atoms with van der Waals surface area (Å²) in [6.45, 7) is -0.0471. The number of carbonyl (C=O) groups excluding carboxylic acids is 1. The van der Waals surface area contributed by atoms with Gasteiger partial charge in [0, 0.05) is 18.6 Å². The lowest BCUT2D eigenvalue weighted by molar-refractivity contribution is -0.139. The van der Waals surface area contributed by atoms with Crippen molar-refractivity contribution in [1.82, 2.24) is 9.44 Å². The van der Waals surface area contributed by atoms with Crippen LogP contribution in [0.4, 0.5) is 4.79 Å². The number of carboxylic acids is 2. The van der Waals surface area contributed by atoms with Crippen LogP contribution in [0.3, 0.4) is 0 Å².